The molecule has 0 radical (unpaired) electrons. The molecule has 0 aliphatic heterocycles. The lowest BCUT2D eigenvalue weighted by Gasteiger charge is -2.25. The van der Waals surface area contributed by atoms with Crippen molar-refractivity contribution in [3.8, 4) is 0 Å². The minimum absolute atomic E-state index is 0.0564. The van der Waals surface area contributed by atoms with Gasteiger partial charge in [0.2, 0.25) is 0 Å². The lowest BCUT2D eigenvalue weighted by atomic mass is 10.00. The predicted molar refractivity (Wildman–Crippen MR) is 67.8 cm³/mol. The number of carboxylic acid groups (broad SMARTS) is 1. The molecule has 98 valence electrons. The lowest BCUT2D eigenvalue weighted by Crippen LogP contribution is -2.33. The van der Waals surface area contributed by atoms with Gasteiger partial charge in [-0.3, -0.25) is 14.9 Å². The summed E-state index contributed by atoms with van der Waals surface area (Å²) in [6.45, 7) is 5.19. The van der Waals surface area contributed by atoms with E-state index in [0.717, 1.165) is 5.56 Å². The van der Waals surface area contributed by atoms with Gasteiger partial charge < -0.3 is 10.4 Å². The van der Waals surface area contributed by atoms with Gasteiger partial charge in [-0.15, -0.1) is 0 Å². The molecular formula is C12H16N2O4. The first-order chi connectivity index (χ1) is 8.21. The number of hydrogen-bond donors (Lipinski definition) is 2. The quantitative estimate of drug-likeness (QED) is 0.620. The molecule has 6 heteroatoms. The molecule has 0 spiro atoms. The number of nitrogens with zero attached hydrogens (tertiary/aromatic N) is 1. The second-order valence-electron chi connectivity index (χ2n) is 4.86. The van der Waals surface area contributed by atoms with Crippen molar-refractivity contribution in [2.24, 2.45) is 0 Å². The first kappa shape index (κ1) is 14.0. The molecule has 0 bridgehead atoms. The van der Waals surface area contributed by atoms with Crippen LogP contribution in [0.15, 0.2) is 18.2 Å². The van der Waals surface area contributed by atoms with Gasteiger partial charge in [-0.2, -0.15) is 0 Å². The highest BCUT2D eigenvalue weighted by atomic mass is 16.6. The molecule has 0 saturated heterocycles. The molecule has 6 nitrogen and oxygen atoms in total. The van der Waals surface area contributed by atoms with E-state index in [2.05, 4.69) is 5.32 Å². The number of nitrogens with one attached hydrogen (secondary N) is 1. The average molecular weight is 252 g/mol. The van der Waals surface area contributed by atoms with Crippen LogP contribution in [0.5, 0.6) is 0 Å². The van der Waals surface area contributed by atoms with Crippen LogP contribution in [0.1, 0.15) is 25.8 Å². The van der Waals surface area contributed by atoms with E-state index < -0.39 is 16.4 Å². The largest absolute Gasteiger partial charge is 0.481 e. The Balaban J connectivity index is 3.05. The van der Waals surface area contributed by atoms with Crippen LogP contribution in [0.3, 0.4) is 0 Å². The standard InChI is InChI=1S/C12H16N2O4/c1-8-4-5-10(14(17)18)9(6-8)13-12(2,3)7-11(15)16/h4-6,13H,7H2,1-3H3,(H,15,16). The number of benzene rings is 1. The summed E-state index contributed by atoms with van der Waals surface area (Å²) in [4.78, 5) is 21.1. The highest BCUT2D eigenvalue weighted by Crippen LogP contribution is 2.29. The molecular weight excluding hydrogens is 236 g/mol. The first-order valence-corrected chi connectivity index (χ1v) is 5.46. The van der Waals surface area contributed by atoms with E-state index in [1.807, 2.05) is 6.92 Å². The highest BCUT2D eigenvalue weighted by molar-refractivity contribution is 5.70. The summed E-state index contributed by atoms with van der Waals surface area (Å²) in [6, 6.07) is 4.70. The van der Waals surface area contributed by atoms with Crippen molar-refractivity contribution in [1.29, 1.82) is 0 Å². The molecule has 0 heterocycles. The SMILES string of the molecule is Cc1ccc([N+](=O)[O-])c(NC(C)(C)CC(=O)O)c1. The van der Waals surface area contributed by atoms with Crippen molar-refractivity contribution in [2.45, 2.75) is 32.7 Å². The molecule has 0 aliphatic carbocycles. The number of hydrogen-bond acceptors (Lipinski definition) is 4. The molecule has 0 aliphatic rings. The Morgan fingerprint density at radius 2 is 2.11 bits per heavy atom. The summed E-state index contributed by atoms with van der Waals surface area (Å²) in [5.41, 5.74) is 0.393. The Kier molecular flexibility index (Phi) is 3.90. The van der Waals surface area contributed by atoms with Crippen molar-refractivity contribution in [1.82, 2.24) is 0 Å². The molecule has 0 aromatic heterocycles. The molecule has 2 N–H and O–H groups in total. The third-order valence-electron chi connectivity index (χ3n) is 2.41. The summed E-state index contributed by atoms with van der Waals surface area (Å²) >= 11 is 0. The van der Waals surface area contributed by atoms with E-state index in [9.17, 15) is 14.9 Å². The number of carboxylic acids is 1. The molecule has 0 amide bonds. The number of aliphatic carboxylic acids is 1. The van der Waals surface area contributed by atoms with E-state index >= 15 is 0 Å². The predicted octanol–water partition coefficient (Wildman–Crippen LogP) is 2.57. The van der Waals surface area contributed by atoms with Crippen LogP contribution in [0.4, 0.5) is 11.4 Å². The zero-order valence-corrected chi connectivity index (χ0v) is 10.6. The Labute approximate surface area is 105 Å². The topological polar surface area (TPSA) is 92.5 Å². The Hall–Kier alpha value is -2.11. The Morgan fingerprint density at radius 3 is 2.61 bits per heavy atom. The first-order valence-electron chi connectivity index (χ1n) is 5.46. The Bertz CT molecular complexity index is 483. The van der Waals surface area contributed by atoms with Gasteiger partial charge in [0.1, 0.15) is 5.69 Å². The zero-order valence-electron chi connectivity index (χ0n) is 10.6. The van der Waals surface area contributed by atoms with Gasteiger partial charge in [-0.1, -0.05) is 6.07 Å². The van der Waals surface area contributed by atoms with E-state index in [1.165, 1.54) is 6.07 Å². The third-order valence-corrected chi connectivity index (χ3v) is 2.41. The van der Waals surface area contributed by atoms with E-state index in [0.29, 0.717) is 5.69 Å². The molecule has 0 saturated carbocycles. The van der Waals surface area contributed by atoms with E-state index in [1.54, 1.807) is 26.0 Å². The summed E-state index contributed by atoms with van der Waals surface area (Å²) in [7, 11) is 0. The number of anilines is 1. The van der Waals surface area contributed by atoms with Crippen LogP contribution in [0.25, 0.3) is 0 Å². The summed E-state index contributed by atoms with van der Waals surface area (Å²) in [5, 5.41) is 22.6. The van der Waals surface area contributed by atoms with Crippen LogP contribution in [0.2, 0.25) is 0 Å². The van der Waals surface area contributed by atoms with Crippen molar-refractivity contribution >= 4 is 17.3 Å². The van der Waals surface area contributed by atoms with Crippen molar-refractivity contribution in [3.63, 3.8) is 0 Å². The third kappa shape index (κ3) is 3.73. The Morgan fingerprint density at radius 1 is 1.50 bits per heavy atom. The number of carbonyl (C=O) groups is 1. The smallest absolute Gasteiger partial charge is 0.305 e. The zero-order chi connectivity index (χ0) is 13.9. The van der Waals surface area contributed by atoms with Gasteiger partial charge in [0.05, 0.1) is 11.3 Å². The van der Waals surface area contributed by atoms with Crippen molar-refractivity contribution in [3.05, 3.63) is 33.9 Å². The highest BCUT2D eigenvalue weighted by Gasteiger charge is 2.25. The fourth-order valence-electron chi connectivity index (χ4n) is 1.70. The normalized spacial score (nSPS) is 11.1. The number of nitro groups is 1. The van der Waals surface area contributed by atoms with Gasteiger partial charge in [-0.05, 0) is 32.4 Å². The number of nitro benzene ring substituents is 1. The number of aryl methyl sites for hydroxylation is 1. The van der Waals surface area contributed by atoms with Crippen molar-refractivity contribution in [2.75, 3.05) is 5.32 Å². The van der Waals surface area contributed by atoms with Gasteiger partial charge >= 0.3 is 5.97 Å². The fraction of sp³-hybridized carbons (Fsp3) is 0.417. The molecule has 0 atom stereocenters. The van der Waals surface area contributed by atoms with Gasteiger partial charge in [0.15, 0.2) is 0 Å². The molecule has 1 rings (SSSR count). The second-order valence-corrected chi connectivity index (χ2v) is 4.86. The fourth-order valence-corrected chi connectivity index (χ4v) is 1.70. The molecule has 1 aromatic rings. The van der Waals surface area contributed by atoms with Crippen LogP contribution >= 0.6 is 0 Å². The minimum Gasteiger partial charge on any atom is -0.481 e. The maximum Gasteiger partial charge on any atom is 0.305 e. The summed E-state index contributed by atoms with van der Waals surface area (Å²) < 4.78 is 0. The maximum atomic E-state index is 10.9. The van der Waals surface area contributed by atoms with Crippen LogP contribution < -0.4 is 5.32 Å². The monoisotopic (exact) mass is 252 g/mol. The van der Waals surface area contributed by atoms with Gasteiger partial charge in [0, 0.05) is 11.6 Å². The van der Waals surface area contributed by atoms with Crippen LogP contribution in [-0.2, 0) is 4.79 Å². The molecule has 0 unspecified atom stereocenters. The lowest BCUT2D eigenvalue weighted by molar-refractivity contribution is -0.384. The minimum atomic E-state index is -0.956. The van der Waals surface area contributed by atoms with E-state index in [4.69, 9.17) is 5.11 Å². The van der Waals surface area contributed by atoms with Crippen molar-refractivity contribution < 1.29 is 14.8 Å². The second kappa shape index (κ2) is 5.03. The molecule has 1 aromatic carbocycles. The van der Waals surface area contributed by atoms with E-state index in [-0.39, 0.29) is 12.1 Å². The van der Waals surface area contributed by atoms with Gasteiger partial charge in [0.25, 0.3) is 5.69 Å². The average Bonchev–Trinajstić information content (AvgIpc) is 2.13. The maximum absolute atomic E-state index is 10.9. The summed E-state index contributed by atoms with van der Waals surface area (Å²) in [5.74, 6) is -0.956. The molecule has 0 fully saturated rings. The van der Waals surface area contributed by atoms with Crippen LogP contribution in [-0.4, -0.2) is 21.5 Å². The van der Waals surface area contributed by atoms with Crippen LogP contribution in [0, 0.1) is 17.0 Å². The number of rotatable bonds is 5. The molecule has 18 heavy (non-hydrogen) atoms. The summed E-state index contributed by atoms with van der Waals surface area (Å²) in [6.07, 6.45) is -0.127. The van der Waals surface area contributed by atoms with Gasteiger partial charge in [-0.25, -0.2) is 0 Å².